The van der Waals surface area contributed by atoms with Gasteiger partial charge in [0.1, 0.15) is 0 Å². The van der Waals surface area contributed by atoms with Crippen LogP contribution in [-0.4, -0.2) is 11.4 Å². The van der Waals surface area contributed by atoms with Crippen molar-refractivity contribution in [2.75, 3.05) is 0 Å². The van der Waals surface area contributed by atoms with E-state index in [0.717, 1.165) is 24.0 Å². The molecule has 1 aromatic carbocycles. The van der Waals surface area contributed by atoms with Crippen LogP contribution in [0.15, 0.2) is 41.1 Å². The van der Waals surface area contributed by atoms with Gasteiger partial charge in [0.25, 0.3) is 0 Å². The van der Waals surface area contributed by atoms with Crippen molar-refractivity contribution in [3.63, 3.8) is 0 Å². The molecule has 0 unspecified atom stereocenters. The Balaban J connectivity index is 2.65. The SMILES string of the molecule is CCCCCC(/C=N\O)=C/c1ccccc1. The van der Waals surface area contributed by atoms with Crippen LogP contribution in [0.2, 0.25) is 0 Å². The van der Waals surface area contributed by atoms with Crippen molar-refractivity contribution in [3.8, 4) is 0 Å². The summed E-state index contributed by atoms with van der Waals surface area (Å²) in [6.45, 7) is 2.18. The highest BCUT2D eigenvalue weighted by Gasteiger charge is 1.95. The zero-order chi connectivity index (χ0) is 11.6. The molecule has 1 N–H and O–H groups in total. The van der Waals surface area contributed by atoms with Crippen molar-refractivity contribution >= 4 is 12.3 Å². The maximum Gasteiger partial charge on any atom is 0.0693 e. The summed E-state index contributed by atoms with van der Waals surface area (Å²) in [4.78, 5) is 0. The van der Waals surface area contributed by atoms with Crippen molar-refractivity contribution in [3.05, 3.63) is 41.5 Å². The van der Waals surface area contributed by atoms with Crippen LogP contribution in [0.25, 0.3) is 6.08 Å². The topological polar surface area (TPSA) is 32.6 Å². The largest absolute Gasteiger partial charge is 0.411 e. The Morgan fingerprint density at radius 3 is 2.62 bits per heavy atom. The second-order valence-electron chi connectivity index (χ2n) is 3.83. The van der Waals surface area contributed by atoms with Crippen LogP contribution in [0.5, 0.6) is 0 Å². The lowest BCUT2D eigenvalue weighted by Gasteiger charge is -2.01. The standard InChI is InChI=1S/C14H19NO/c1-2-3-5-10-14(12-15-16)11-13-8-6-4-7-9-13/h4,6-9,11-12,16H,2-3,5,10H2,1H3/b14-11-,15-12-. The quantitative estimate of drug-likeness (QED) is 0.331. The smallest absolute Gasteiger partial charge is 0.0693 e. The Labute approximate surface area is 97.3 Å². The van der Waals surface area contributed by atoms with Crippen molar-refractivity contribution < 1.29 is 5.21 Å². The van der Waals surface area contributed by atoms with Crippen molar-refractivity contribution in [2.24, 2.45) is 5.16 Å². The molecule has 1 aromatic rings. The number of benzene rings is 1. The third-order valence-corrected chi connectivity index (χ3v) is 2.44. The molecule has 16 heavy (non-hydrogen) atoms. The molecule has 0 saturated carbocycles. The fourth-order valence-electron chi connectivity index (χ4n) is 1.59. The molecule has 0 amide bonds. The van der Waals surface area contributed by atoms with E-state index in [4.69, 9.17) is 5.21 Å². The van der Waals surface area contributed by atoms with Crippen LogP contribution in [0.3, 0.4) is 0 Å². The van der Waals surface area contributed by atoms with Crippen LogP contribution in [0, 0.1) is 0 Å². The van der Waals surface area contributed by atoms with Gasteiger partial charge in [0, 0.05) is 0 Å². The summed E-state index contributed by atoms with van der Waals surface area (Å²) in [6.07, 6.45) is 8.12. The Kier molecular flexibility index (Phi) is 6.00. The summed E-state index contributed by atoms with van der Waals surface area (Å²) in [5.74, 6) is 0. The molecule has 0 heterocycles. The molecule has 0 fully saturated rings. The minimum atomic E-state index is 0.965. The highest BCUT2D eigenvalue weighted by Crippen LogP contribution is 2.12. The molecule has 0 aliphatic carbocycles. The molecule has 0 spiro atoms. The first-order chi connectivity index (χ1) is 7.86. The van der Waals surface area contributed by atoms with Gasteiger partial charge in [0.2, 0.25) is 0 Å². The van der Waals surface area contributed by atoms with Crippen molar-refractivity contribution in [1.82, 2.24) is 0 Å². The zero-order valence-electron chi connectivity index (χ0n) is 9.76. The van der Waals surface area contributed by atoms with Gasteiger partial charge in [-0.3, -0.25) is 0 Å². The van der Waals surface area contributed by atoms with E-state index in [1.165, 1.54) is 19.1 Å². The number of rotatable bonds is 6. The van der Waals surface area contributed by atoms with E-state index in [9.17, 15) is 0 Å². The Morgan fingerprint density at radius 2 is 2.00 bits per heavy atom. The molecule has 0 bridgehead atoms. The molecule has 86 valence electrons. The second kappa shape index (κ2) is 7.69. The van der Waals surface area contributed by atoms with Gasteiger partial charge >= 0.3 is 0 Å². The summed E-state index contributed by atoms with van der Waals surface area (Å²) in [6, 6.07) is 10.1. The highest BCUT2D eigenvalue weighted by atomic mass is 16.4. The van der Waals surface area contributed by atoms with Crippen LogP contribution in [-0.2, 0) is 0 Å². The second-order valence-corrected chi connectivity index (χ2v) is 3.83. The molecule has 1 rings (SSSR count). The lowest BCUT2D eigenvalue weighted by Crippen LogP contribution is -1.87. The van der Waals surface area contributed by atoms with E-state index in [0.29, 0.717) is 0 Å². The fraction of sp³-hybridized carbons (Fsp3) is 0.357. The van der Waals surface area contributed by atoms with Crippen LogP contribution in [0.1, 0.15) is 38.2 Å². The van der Waals surface area contributed by atoms with Gasteiger partial charge in [0.05, 0.1) is 6.21 Å². The molecule has 2 heteroatoms. The predicted molar refractivity (Wildman–Crippen MR) is 68.8 cm³/mol. The molecule has 0 aliphatic heterocycles. The van der Waals surface area contributed by atoms with Gasteiger partial charge in [0.15, 0.2) is 0 Å². The van der Waals surface area contributed by atoms with Gasteiger partial charge in [-0.05, 0) is 24.0 Å². The van der Waals surface area contributed by atoms with E-state index in [1.54, 1.807) is 0 Å². The first-order valence-electron chi connectivity index (χ1n) is 5.80. The number of unbranched alkanes of at least 4 members (excludes halogenated alkanes) is 2. The lowest BCUT2D eigenvalue weighted by molar-refractivity contribution is 0.321. The maximum absolute atomic E-state index is 8.60. The van der Waals surface area contributed by atoms with E-state index in [-0.39, 0.29) is 0 Å². The van der Waals surface area contributed by atoms with Gasteiger partial charge in [-0.2, -0.15) is 0 Å². The third-order valence-electron chi connectivity index (χ3n) is 2.44. The minimum absolute atomic E-state index is 0.965. The number of hydrogen-bond donors (Lipinski definition) is 1. The van der Waals surface area contributed by atoms with Crippen LogP contribution >= 0.6 is 0 Å². The Hall–Kier alpha value is -1.57. The Morgan fingerprint density at radius 1 is 1.25 bits per heavy atom. The van der Waals surface area contributed by atoms with E-state index in [2.05, 4.69) is 18.2 Å². The molecule has 0 aromatic heterocycles. The minimum Gasteiger partial charge on any atom is -0.411 e. The number of oxime groups is 1. The first kappa shape index (κ1) is 12.5. The average Bonchev–Trinajstić information content (AvgIpc) is 2.31. The number of allylic oxidation sites excluding steroid dienone is 1. The van der Waals surface area contributed by atoms with E-state index < -0.39 is 0 Å². The summed E-state index contributed by atoms with van der Waals surface area (Å²) >= 11 is 0. The first-order valence-corrected chi connectivity index (χ1v) is 5.80. The molecule has 0 radical (unpaired) electrons. The number of nitrogens with zero attached hydrogens (tertiary/aromatic N) is 1. The van der Waals surface area contributed by atoms with Crippen molar-refractivity contribution in [2.45, 2.75) is 32.6 Å². The zero-order valence-corrected chi connectivity index (χ0v) is 9.76. The highest BCUT2D eigenvalue weighted by molar-refractivity contribution is 5.85. The fourth-order valence-corrected chi connectivity index (χ4v) is 1.59. The number of hydrogen-bond acceptors (Lipinski definition) is 2. The molecule has 0 aliphatic rings. The monoisotopic (exact) mass is 217 g/mol. The molecule has 0 saturated heterocycles. The third kappa shape index (κ3) is 4.78. The lowest BCUT2D eigenvalue weighted by atomic mass is 10.1. The summed E-state index contributed by atoms with van der Waals surface area (Å²) in [7, 11) is 0. The maximum atomic E-state index is 8.60. The van der Waals surface area contributed by atoms with Crippen molar-refractivity contribution in [1.29, 1.82) is 0 Å². The molecular formula is C14H19NO. The summed E-state index contributed by atoms with van der Waals surface area (Å²) in [5, 5.41) is 11.7. The summed E-state index contributed by atoms with van der Waals surface area (Å²) < 4.78 is 0. The average molecular weight is 217 g/mol. The van der Waals surface area contributed by atoms with Gasteiger partial charge in [-0.25, -0.2) is 0 Å². The summed E-state index contributed by atoms with van der Waals surface area (Å²) in [5.41, 5.74) is 2.22. The van der Waals surface area contributed by atoms with Gasteiger partial charge < -0.3 is 5.21 Å². The molecule has 0 atom stereocenters. The van der Waals surface area contributed by atoms with Gasteiger partial charge in [-0.15, -0.1) is 0 Å². The van der Waals surface area contributed by atoms with Crippen LogP contribution in [0.4, 0.5) is 0 Å². The van der Waals surface area contributed by atoms with E-state index in [1.807, 2.05) is 30.3 Å². The van der Waals surface area contributed by atoms with Gasteiger partial charge in [-0.1, -0.05) is 61.3 Å². The van der Waals surface area contributed by atoms with E-state index >= 15 is 0 Å². The Bertz CT molecular complexity index is 341. The molecular weight excluding hydrogens is 198 g/mol. The molecule has 2 nitrogen and oxygen atoms in total. The predicted octanol–water partition coefficient (Wildman–Crippen LogP) is 4.11. The normalized spacial score (nSPS) is 12.2. The van der Waals surface area contributed by atoms with Crippen LogP contribution < -0.4 is 0 Å².